The second-order valence-electron chi connectivity index (χ2n) is 7.01. The van der Waals surface area contributed by atoms with Gasteiger partial charge in [0.15, 0.2) is 5.78 Å². The third kappa shape index (κ3) is 2.43. The van der Waals surface area contributed by atoms with Crippen LogP contribution in [0.3, 0.4) is 0 Å². The molecule has 3 nitrogen and oxygen atoms in total. The topological polar surface area (TPSA) is 37.4 Å². The molecule has 4 rings (SSSR count). The lowest BCUT2D eigenvalue weighted by Crippen LogP contribution is -2.42. The Labute approximate surface area is 142 Å². The van der Waals surface area contributed by atoms with Crippen molar-refractivity contribution in [3.63, 3.8) is 0 Å². The van der Waals surface area contributed by atoms with Crippen LogP contribution < -0.4 is 0 Å². The van der Waals surface area contributed by atoms with Crippen LogP contribution in [-0.4, -0.2) is 29.7 Å². The summed E-state index contributed by atoms with van der Waals surface area (Å²) in [6, 6.07) is 10.5. The molecule has 2 aromatic rings. The molecule has 3 heteroatoms. The van der Waals surface area contributed by atoms with Gasteiger partial charge in [-0.05, 0) is 47.6 Å². The minimum Gasteiger partial charge on any atom is -0.342 e. The Morgan fingerprint density at radius 1 is 1.12 bits per heavy atom. The Kier molecular flexibility index (Phi) is 3.87. The highest BCUT2D eigenvalue weighted by Crippen LogP contribution is 2.34. The van der Waals surface area contributed by atoms with Gasteiger partial charge in [-0.2, -0.15) is 0 Å². The largest absolute Gasteiger partial charge is 0.342 e. The second-order valence-corrected chi connectivity index (χ2v) is 7.01. The number of likely N-dealkylation sites (tertiary alicyclic amines) is 1. The first kappa shape index (κ1) is 15.4. The molecular weight excluding hydrogens is 298 g/mol. The minimum absolute atomic E-state index is 0.0623. The van der Waals surface area contributed by atoms with E-state index in [4.69, 9.17) is 0 Å². The SMILES string of the molecule is CCC(=O)N1CCCC(C(=O)c2ccc3c4c(cccc24)CC3)C1. The number of aryl methyl sites for hydroxylation is 2. The molecule has 1 fully saturated rings. The maximum absolute atomic E-state index is 13.2. The lowest BCUT2D eigenvalue weighted by atomic mass is 9.87. The van der Waals surface area contributed by atoms with Gasteiger partial charge in [-0.3, -0.25) is 9.59 Å². The van der Waals surface area contributed by atoms with Crippen molar-refractivity contribution in [1.82, 2.24) is 4.90 Å². The number of rotatable bonds is 3. The summed E-state index contributed by atoms with van der Waals surface area (Å²) < 4.78 is 0. The lowest BCUT2D eigenvalue weighted by molar-refractivity contribution is -0.132. The van der Waals surface area contributed by atoms with Gasteiger partial charge in [-0.25, -0.2) is 0 Å². The second kappa shape index (κ2) is 6.04. The highest BCUT2D eigenvalue weighted by atomic mass is 16.2. The molecule has 1 heterocycles. The molecule has 1 unspecified atom stereocenters. The van der Waals surface area contributed by atoms with Crippen LogP contribution in [0.15, 0.2) is 30.3 Å². The van der Waals surface area contributed by atoms with Crippen molar-refractivity contribution >= 4 is 22.5 Å². The van der Waals surface area contributed by atoms with Crippen LogP contribution >= 0.6 is 0 Å². The predicted octanol–water partition coefficient (Wildman–Crippen LogP) is 3.77. The van der Waals surface area contributed by atoms with E-state index in [0.29, 0.717) is 13.0 Å². The number of carbonyl (C=O) groups excluding carboxylic acids is 2. The molecule has 0 aromatic heterocycles. The first-order valence-electron chi connectivity index (χ1n) is 9.04. The minimum atomic E-state index is -0.0623. The molecule has 0 spiro atoms. The van der Waals surface area contributed by atoms with Crippen molar-refractivity contribution in [3.05, 3.63) is 47.0 Å². The summed E-state index contributed by atoms with van der Waals surface area (Å²) >= 11 is 0. The Hall–Kier alpha value is -2.16. The molecule has 0 bridgehead atoms. The van der Waals surface area contributed by atoms with Gasteiger partial charge in [-0.15, -0.1) is 0 Å². The van der Waals surface area contributed by atoms with Crippen LogP contribution in [0.2, 0.25) is 0 Å². The van der Waals surface area contributed by atoms with Crippen molar-refractivity contribution in [3.8, 4) is 0 Å². The first-order chi connectivity index (χ1) is 11.7. The van der Waals surface area contributed by atoms with Gasteiger partial charge in [0.25, 0.3) is 0 Å². The fourth-order valence-electron chi connectivity index (χ4n) is 4.32. The van der Waals surface area contributed by atoms with E-state index >= 15 is 0 Å². The van der Waals surface area contributed by atoms with Gasteiger partial charge in [0, 0.05) is 31.0 Å². The van der Waals surface area contributed by atoms with Crippen molar-refractivity contribution in [2.24, 2.45) is 5.92 Å². The number of nitrogens with zero attached hydrogens (tertiary/aromatic N) is 1. The van der Waals surface area contributed by atoms with Gasteiger partial charge in [-0.1, -0.05) is 37.3 Å². The van der Waals surface area contributed by atoms with Gasteiger partial charge in [0.05, 0.1) is 0 Å². The Morgan fingerprint density at radius 3 is 2.71 bits per heavy atom. The molecule has 1 atom stereocenters. The Morgan fingerprint density at radius 2 is 1.92 bits per heavy atom. The molecule has 1 aliphatic heterocycles. The molecule has 124 valence electrons. The first-order valence-corrected chi connectivity index (χ1v) is 9.04. The molecule has 1 amide bonds. The van der Waals surface area contributed by atoms with Crippen LogP contribution in [0.1, 0.15) is 47.7 Å². The van der Waals surface area contributed by atoms with Gasteiger partial charge < -0.3 is 4.90 Å². The van der Waals surface area contributed by atoms with Crippen LogP contribution in [0, 0.1) is 5.92 Å². The molecule has 0 radical (unpaired) electrons. The summed E-state index contributed by atoms with van der Waals surface area (Å²) in [7, 11) is 0. The van der Waals surface area contributed by atoms with E-state index in [9.17, 15) is 9.59 Å². The normalized spacial score (nSPS) is 19.7. The molecule has 2 aromatic carbocycles. The fraction of sp³-hybridized carbons (Fsp3) is 0.429. The fourth-order valence-corrected chi connectivity index (χ4v) is 4.32. The van der Waals surface area contributed by atoms with E-state index in [1.165, 1.54) is 16.5 Å². The number of piperidine rings is 1. The highest BCUT2D eigenvalue weighted by Gasteiger charge is 2.30. The number of benzene rings is 2. The van der Waals surface area contributed by atoms with Crippen LogP contribution in [0.25, 0.3) is 10.8 Å². The zero-order valence-electron chi connectivity index (χ0n) is 14.2. The molecular formula is C21H23NO2. The summed E-state index contributed by atoms with van der Waals surface area (Å²) in [5, 5.41) is 2.40. The smallest absolute Gasteiger partial charge is 0.222 e. The van der Waals surface area contributed by atoms with E-state index in [-0.39, 0.29) is 17.6 Å². The number of amides is 1. The highest BCUT2D eigenvalue weighted by molar-refractivity contribution is 6.11. The molecule has 2 aliphatic rings. The van der Waals surface area contributed by atoms with Crippen molar-refractivity contribution in [1.29, 1.82) is 0 Å². The summed E-state index contributed by atoms with van der Waals surface area (Å²) in [5.74, 6) is 0.305. The van der Waals surface area contributed by atoms with Gasteiger partial charge in [0.2, 0.25) is 5.91 Å². The van der Waals surface area contributed by atoms with Crippen LogP contribution in [0.5, 0.6) is 0 Å². The number of Topliss-reactive ketones (excluding diaryl/α,β-unsaturated/α-hetero) is 1. The zero-order valence-corrected chi connectivity index (χ0v) is 14.2. The standard InChI is InChI=1S/C21H23NO2/c1-2-19(23)22-12-4-6-16(13-22)21(24)18-11-10-15-9-8-14-5-3-7-17(18)20(14)15/h3,5,7,10-11,16H,2,4,6,8-9,12-13H2,1H3. The summed E-state index contributed by atoms with van der Waals surface area (Å²) in [6.07, 6.45) is 4.47. The molecule has 1 aliphatic carbocycles. The number of hydrogen-bond donors (Lipinski definition) is 0. The molecule has 0 N–H and O–H groups in total. The van der Waals surface area contributed by atoms with Crippen LogP contribution in [0.4, 0.5) is 0 Å². The average Bonchev–Trinajstić information content (AvgIpc) is 3.06. The molecule has 24 heavy (non-hydrogen) atoms. The number of carbonyl (C=O) groups is 2. The van der Waals surface area contributed by atoms with Crippen molar-refractivity contribution < 1.29 is 9.59 Å². The average molecular weight is 321 g/mol. The van der Waals surface area contributed by atoms with E-state index in [2.05, 4.69) is 24.3 Å². The maximum atomic E-state index is 13.2. The van der Waals surface area contributed by atoms with E-state index in [1.807, 2.05) is 17.9 Å². The van der Waals surface area contributed by atoms with E-state index in [0.717, 1.165) is 43.2 Å². The van der Waals surface area contributed by atoms with Gasteiger partial charge >= 0.3 is 0 Å². The molecule has 1 saturated heterocycles. The van der Waals surface area contributed by atoms with Gasteiger partial charge in [0.1, 0.15) is 0 Å². The lowest BCUT2D eigenvalue weighted by Gasteiger charge is -2.32. The van der Waals surface area contributed by atoms with Crippen LogP contribution in [-0.2, 0) is 17.6 Å². The third-order valence-corrected chi connectivity index (χ3v) is 5.59. The van der Waals surface area contributed by atoms with Crippen molar-refractivity contribution in [2.45, 2.75) is 39.0 Å². The van der Waals surface area contributed by atoms with E-state index in [1.54, 1.807) is 0 Å². The summed E-state index contributed by atoms with van der Waals surface area (Å²) in [4.78, 5) is 27.0. The molecule has 0 saturated carbocycles. The Bertz CT molecular complexity index is 814. The third-order valence-electron chi connectivity index (χ3n) is 5.59. The number of hydrogen-bond acceptors (Lipinski definition) is 2. The summed E-state index contributed by atoms with van der Waals surface area (Å²) in [5.41, 5.74) is 3.57. The monoisotopic (exact) mass is 321 g/mol. The zero-order chi connectivity index (χ0) is 16.7. The number of ketones is 1. The van der Waals surface area contributed by atoms with Crippen molar-refractivity contribution in [2.75, 3.05) is 13.1 Å². The van der Waals surface area contributed by atoms with E-state index < -0.39 is 0 Å². The quantitative estimate of drug-likeness (QED) is 0.807. The Balaban J connectivity index is 1.68. The summed E-state index contributed by atoms with van der Waals surface area (Å²) in [6.45, 7) is 3.26. The maximum Gasteiger partial charge on any atom is 0.222 e. The predicted molar refractivity (Wildman–Crippen MR) is 95.3 cm³/mol.